The highest BCUT2D eigenvalue weighted by atomic mass is 32.2. The predicted octanol–water partition coefficient (Wildman–Crippen LogP) is 3.50. The lowest BCUT2D eigenvalue weighted by molar-refractivity contribution is 0.483. The molecule has 0 radical (unpaired) electrons. The molecule has 0 atom stereocenters. The van der Waals surface area contributed by atoms with Crippen molar-refractivity contribution in [2.45, 2.75) is 11.8 Å². The van der Waals surface area contributed by atoms with Crippen LogP contribution in [0.25, 0.3) is 11.3 Å². The monoisotopic (exact) mass is 347 g/mol. The summed E-state index contributed by atoms with van der Waals surface area (Å²) in [4.78, 5) is 8.40. The number of nitrogens with zero attached hydrogens (tertiary/aromatic N) is 2. The number of anilines is 2. The number of nitrogens with one attached hydrogen (secondary N) is 1. The highest BCUT2D eigenvalue weighted by molar-refractivity contribution is 7.86. The van der Waals surface area contributed by atoms with E-state index in [4.69, 9.17) is 0 Å². The lowest BCUT2D eigenvalue weighted by atomic mass is 10.2. The van der Waals surface area contributed by atoms with Gasteiger partial charge in [0, 0.05) is 22.8 Å². The van der Waals surface area contributed by atoms with E-state index in [1.165, 1.54) is 17.4 Å². The highest BCUT2D eigenvalue weighted by Gasteiger charge is 2.15. The minimum absolute atomic E-state index is 0.184. The first-order valence-electron chi connectivity index (χ1n) is 6.65. The van der Waals surface area contributed by atoms with Crippen LogP contribution >= 0.6 is 11.3 Å². The molecule has 3 rings (SSSR count). The fourth-order valence-corrected chi connectivity index (χ4v) is 3.46. The average molecular weight is 347 g/mol. The molecule has 6 nitrogen and oxygen atoms in total. The van der Waals surface area contributed by atoms with E-state index in [0.29, 0.717) is 5.13 Å². The van der Waals surface area contributed by atoms with Gasteiger partial charge in [-0.25, -0.2) is 4.98 Å². The lowest BCUT2D eigenvalue weighted by Gasteiger charge is -2.07. The molecule has 0 spiro atoms. The Kier molecular flexibility index (Phi) is 4.12. The third-order valence-corrected chi connectivity index (χ3v) is 4.77. The van der Waals surface area contributed by atoms with Crippen LogP contribution in [0.2, 0.25) is 0 Å². The second-order valence-electron chi connectivity index (χ2n) is 4.82. The van der Waals surface area contributed by atoms with Crippen molar-refractivity contribution < 1.29 is 13.0 Å². The SMILES string of the molecule is Cc1cc(-c2csc(Nc3ccccc3S(=O)(=O)O)n2)ccn1. The predicted molar refractivity (Wildman–Crippen MR) is 89.6 cm³/mol. The third-order valence-electron chi connectivity index (χ3n) is 3.10. The maximum atomic E-state index is 11.4. The largest absolute Gasteiger partial charge is 0.330 e. The van der Waals surface area contributed by atoms with E-state index >= 15 is 0 Å². The van der Waals surface area contributed by atoms with Crippen LogP contribution in [0.5, 0.6) is 0 Å². The molecule has 23 heavy (non-hydrogen) atoms. The van der Waals surface area contributed by atoms with Gasteiger partial charge in [0.2, 0.25) is 0 Å². The number of rotatable bonds is 4. The van der Waals surface area contributed by atoms with Gasteiger partial charge in [0.1, 0.15) is 4.90 Å². The zero-order valence-corrected chi connectivity index (χ0v) is 13.7. The Morgan fingerprint density at radius 3 is 2.74 bits per heavy atom. The van der Waals surface area contributed by atoms with Crippen LogP contribution in [0.15, 0.2) is 52.9 Å². The molecule has 0 saturated carbocycles. The maximum absolute atomic E-state index is 11.4. The lowest BCUT2D eigenvalue weighted by Crippen LogP contribution is -2.02. The molecule has 3 aromatic rings. The first kappa shape index (κ1) is 15.6. The summed E-state index contributed by atoms with van der Waals surface area (Å²) >= 11 is 1.35. The molecule has 0 aliphatic heterocycles. The summed E-state index contributed by atoms with van der Waals surface area (Å²) in [6, 6.07) is 9.90. The van der Waals surface area contributed by atoms with E-state index < -0.39 is 10.1 Å². The highest BCUT2D eigenvalue weighted by Crippen LogP contribution is 2.29. The normalized spacial score (nSPS) is 11.4. The summed E-state index contributed by atoms with van der Waals surface area (Å²) in [5.74, 6) is 0. The summed E-state index contributed by atoms with van der Waals surface area (Å²) in [6.45, 7) is 1.90. The minimum atomic E-state index is -4.30. The summed E-state index contributed by atoms with van der Waals surface area (Å²) in [7, 11) is -4.30. The second-order valence-corrected chi connectivity index (χ2v) is 7.07. The van der Waals surface area contributed by atoms with E-state index in [1.807, 2.05) is 24.4 Å². The van der Waals surface area contributed by atoms with Crippen molar-refractivity contribution >= 4 is 32.3 Å². The topological polar surface area (TPSA) is 92.2 Å². The molecule has 0 aliphatic rings. The van der Waals surface area contributed by atoms with Gasteiger partial charge < -0.3 is 5.32 Å². The van der Waals surface area contributed by atoms with E-state index in [9.17, 15) is 13.0 Å². The van der Waals surface area contributed by atoms with E-state index in [1.54, 1.807) is 24.4 Å². The van der Waals surface area contributed by atoms with Crippen molar-refractivity contribution in [1.29, 1.82) is 0 Å². The number of hydrogen-bond acceptors (Lipinski definition) is 6. The number of benzene rings is 1. The fraction of sp³-hybridized carbons (Fsp3) is 0.0667. The molecule has 0 bridgehead atoms. The zero-order valence-electron chi connectivity index (χ0n) is 12.1. The third kappa shape index (κ3) is 3.55. The molecule has 0 amide bonds. The summed E-state index contributed by atoms with van der Waals surface area (Å²) in [5, 5.41) is 5.34. The average Bonchev–Trinajstić information content (AvgIpc) is 2.95. The molecule has 1 aromatic carbocycles. The van der Waals surface area contributed by atoms with E-state index in [2.05, 4.69) is 15.3 Å². The molecule has 2 heterocycles. The molecule has 8 heteroatoms. The number of hydrogen-bond donors (Lipinski definition) is 2. The van der Waals surface area contributed by atoms with Gasteiger partial charge in [-0.05, 0) is 31.2 Å². The number of aryl methyl sites for hydroxylation is 1. The Hall–Kier alpha value is -2.29. The Balaban J connectivity index is 1.92. The smallest absolute Gasteiger partial charge is 0.296 e. The Bertz CT molecular complexity index is 952. The van der Waals surface area contributed by atoms with Gasteiger partial charge in [-0.1, -0.05) is 12.1 Å². The number of pyridine rings is 1. The van der Waals surface area contributed by atoms with Crippen molar-refractivity contribution in [3.63, 3.8) is 0 Å². The van der Waals surface area contributed by atoms with Crippen molar-refractivity contribution in [3.05, 3.63) is 53.7 Å². The van der Waals surface area contributed by atoms with Crippen molar-refractivity contribution in [3.8, 4) is 11.3 Å². The minimum Gasteiger partial charge on any atom is -0.330 e. The Labute approximate surface area is 137 Å². The number of thiazole rings is 1. The summed E-state index contributed by atoms with van der Waals surface area (Å²) < 4.78 is 32.1. The first-order chi connectivity index (χ1) is 10.9. The molecule has 0 saturated heterocycles. The second kappa shape index (κ2) is 6.07. The van der Waals surface area contributed by atoms with Gasteiger partial charge in [0.15, 0.2) is 5.13 Å². The molecular formula is C15H13N3O3S2. The van der Waals surface area contributed by atoms with Crippen LogP contribution in [-0.4, -0.2) is 22.9 Å². The van der Waals surface area contributed by atoms with Crippen LogP contribution in [0.3, 0.4) is 0 Å². The summed E-state index contributed by atoms with van der Waals surface area (Å²) in [5.41, 5.74) is 2.88. The summed E-state index contributed by atoms with van der Waals surface area (Å²) in [6.07, 6.45) is 1.71. The van der Waals surface area contributed by atoms with Gasteiger partial charge in [0.05, 0.1) is 11.4 Å². The molecule has 0 fully saturated rings. The number of para-hydroxylation sites is 1. The van der Waals surface area contributed by atoms with Gasteiger partial charge in [-0.3, -0.25) is 9.54 Å². The van der Waals surface area contributed by atoms with Gasteiger partial charge in [0.25, 0.3) is 10.1 Å². The van der Waals surface area contributed by atoms with Crippen LogP contribution in [0.4, 0.5) is 10.8 Å². The molecule has 118 valence electrons. The number of aromatic nitrogens is 2. The first-order valence-corrected chi connectivity index (χ1v) is 8.97. The van der Waals surface area contributed by atoms with E-state index in [0.717, 1.165) is 17.0 Å². The fourth-order valence-electron chi connectivity index (χ4n) is 2.08. The van der Waals surface area contributed by atoms with E-state index in [-0.39, 0.29) is 10.6 Å². The van der Waals surface area contributed by atoms with Gasteiger partial charge >= 0.3 is 0 Å². The molecule has 0 unspecified atom stereocenters. The van der Waals surface area contributed by atoms with Crippen LogP contribution in [0.1, 0.15) is 5.69 Å². The van der Waals surface area contributed by atoms with Crippen LogP contribution < -0.4 is 5.32 Å². The zero-order chi connectivity index (χ0) is 16.4. The maximum Gasteiger partial charge on any atom is 0.296 e. The Morgan fingerprint density at radius 1 is 1.22 bits per heavy atom. The molecule has 0 aliphatic carbocycles. The van der Waals surface area contributed by atoms with Gasteiger partial charge in [-0.15, -0.1) is 11.3 Å². The van der Waals surface area contributed by atoms with Gasteiger partial charge in [-0.2, -0.15) is 8.42 Å². The quantitative estimate of drug-likeness (QED) is 0.702. The molecule has 2 aromatic heterocycles. The molecular weight excluding hydrogens is 334 g/mol. The molecule has 2 N–H and O–H groups in total. The van der Waals surface area contributed by atoms with Crippen molar-refractivity contribution in [2.24, 2.45) is 0 Å². The van der Waals surface area contributed by atoms with Crippen molar-refractivity contribution in [2.75, 3.05) is 5.32 Å². The Morgan fingerprint density at radius 2 is 2.00 bits per heavy atom. The standard InChI is InChI=1S/C15H13N3O3S2/c1-10-8-11(6-7-16-10)13-9-22-15(18-13)17-12-4-2-3-5-14(12)23(19,20)21/h2-9H,1H3,(H,17,18)(H,19,20,21). The van der Waals surface area contributed by atoms with Crippen LogP contribution in [-0.2, 0) is 10.1 Å². The van der Waals surface area contributed by atoms with Crippen molar-refractivity contribution in [1.82, 2.24) is 9.97 Å². The van der Waals surface area contributed by atoms with Crippen LogP contribution in [0, 0.1) is 6.92 Å².